The molecule has 1 saturated carbocycles. The summed E-state index contributed by atoms with van der Waals surface area (Å²) in [6.45, 7) is 7.00. The summed E-state index contributed by atoms with van der Waals surface area (Å²) in [7, 11) is 0. The molecular formula is C8H14N2. The van der Waals surface area contributed by atoms with Crippen LogP contribution in [0.2, 0.25) is 0 Å². The van der Waals surface area contributed by atoms with Crippen LogP contribution in [0.15, 0.2) is 12.7 Å². The first kappa shape index (κ1) is 6.38. The van der Waals surface area contributed by atoms with Gasteiger partial charge in [0.15, 0.2) is 0 Å². The molecule has 1 saturated heterocycles. The highest BCUT2D eigenvalue weighted by molar-refractivity contribution is 5.15. The van der Waals surface area contributed by atoms with Gasteiger partial charge in [0.25, 0.3) is 0 Å². The van der Waals surface area contributed by atoms with Crippen LogP contribution < -0.4 is 5.73 Å². The van der Waals surface area contributed by atoms with Crippen molar-refractivity contribution < 1.29 is 0 Å². The number of nitrogens with zero attached hydrogens (tertiary/aromatic N) is 1. The molecule has 2 nitrogen and oxygen atoms in total. The zero-order chi connectivity index (χ0) is 7.19. The smallest absolute Gasteiger partial charge is 0.0328 e. The second-order valence-corrected chi connectivity index (χ2v) is 3.62. The highest BCUT2D eigenvalue weighted by atomic mass is 15.2. The molecule has 0 spiro atoms. The number of fused-ring (bicyclic) bond motifs is 1. The predicted octanol–water partition coefficient (Wildman–Crippen LogP) is 0.205. The molecule has 0 radical (unpaired) electrons. The third kappa shape index (κ3) is 0.796. The Labute approximate surface area is 61.7 Å². The molecule has 56 valence electrons. The number of nitrogens with two attached hydrogens (primary N) is 1. The van der Waals surface area contributed by atoms with Crippen molar-refractivity contribution in [3.8, 4) is 0 Å². The monoisotopic (exact) mass is 138 g/mol. The van der Waals surface area contributed by atoms with Gasteiger partial charge in [0.05, 0.1) is 0 Å². The fraction of sp³-hybridized carbons (Fsp3) is 0.750. The third-order valence-corrected chi connectivity index (χ3v) is 2.66. The largest absolute Gasteiger partial charge is 0.324 e. The van der Waals surface area contributed by atoms with Crippen molar-refractivity contribution in [2.24, 2.45) is 11.7 Å². The van der Waals surface area contributed by atoms with E-state index >= 15 is 0 Å². The zero-order valence-corrected chi connectivity index (χ0v) is 6.21. The van der Waals surface area contributed by atoms with E-state index in [0.29, 0.717) is 0 Å². The van der Waals surface area contributed by atoms with Crippen molar-refractivity contribution in [2.75, 3.05) is 19.6 Å². The fourth-order valence-electron chi connectivity index (χ4n) is 1.95. The lowest BCUT2D eigenvalue weighted by Gasteiger charge is -2.15. The van der Waals surface area contributed by atoms with Crippen LogP contribution in [0.25, 0.3) is 0 Å². The van der Waals surface area contributed by atoms with Gasteiger partial charge in [0.1, 0.15) is 0 Å². The number of piperidine rings is 1. The highest BCUT2D eigenvalue weighted by Crippen LogP contribution is 2.46. The highest BCUT2D eigenvalue weighted by Gasteiger charge is 2.56. The first-order valence-corrected chi connectivity index (χ1v) is 3.87. The van der Waals surface area contributed by atoms with Gasteiger partial charge in [0.2, 0.25) is 0 Å². The molecule has 0 aromatic rings. The van der Waals surface area contributed by atoms with Crippen molar-refractivity contribution in [2.45, 2.75) is 12.0 Å². The van der Waals surface area contributed by atoms with E-state index in [9.17, 15) is 0 Å². The summed E-state index contributed by atoms with van der Waals surface area (Å²) in [4.78, 5) is 2.38. The van der Waals surface area contributed by atoms with Gasteiger partial charge in [-0.05, 0) is 12.3 Å². The molecule has 2 heteroatoms. The summed E-state index contributed by atoms with van der Waals surface area (Å²) >= 11 is 0. The number of likely N-dealkylation sites (tertiary alicyclic amines) is 1. The van der Waals surface area contributed by atoms with E-state index in [4.69, 9.17) is 5.73 Å². The summed E-state index contributed by atoms with van der Waals surface area (Å²) in [5.74, 6) is 0.799. The topological polar surface area (TPSA) is 29.3 Å². The molecule has 10 heavy (non-hydrogen) atoms. The van der Waals surface area contributed by atoms with E-state index in [-0.39, 0.29) is 5.54 Å². The molecule has 0 bridgehead atoms. The molecule has 0 aromatic heterocycles. The Bertz CT molecular complexity index is 167. The van der Waals surface area contributed by atoms with Crippen LogP contribution in [0.3, 0.4) is 0 Å². The Hall–Kier alpha value is -0.340. The van der Waals surface area contributed by atoms with Crippen molar-refractivity contribution in [1.82, 2.24) is 4.90 Å². The molecule has 1 aliphatic carbocycles. The van der Waals surface area contributed by atoms with Crippen molar-refractivity contribution in [1.29, 1.82) is 0 Å². The van der Waals surface area contributed by atoms with Gasteiger partial charge in [0, 0.05) is 25.2 Å². The van der Waals surface area contributed by atoms with Gasteiger partial charge in [-0.25, -0.2) is 0 Å². The molecule has 1 aliphatic heterocycles. The van der Waals surface area contributed by atoms with Gasteiger partial charge in [-0.2, -0.15) is 0 Å². The normalized spacial score (nSPS) is 45.1. The minimum atomic E-state index is 0.211. The molecule has 2 rings (SSSR count). The van der Waals surface area contributed by atoms with Crippen molar-refractivity contribution in [3.63, 3.8) is 0 Å². The van der Waals surface area contributed by atoms with Crippen LogP contribution in [0, 0.1) is 5.92 Å². The minimum Gasteiger partial charge on any atom is -0.324 e. The first-order chi connectivity index (χ1) is 4.74. The summed E-state index contributed by atoms with van der Waals surface area (Å²) in [5, 5.41) is 0. The van der Waals surface area contributed by atoms with Crippen LogP contribution in [0.4, 0.5) is 0 Å². The van der Waals surface area contributed by atoms with Crippen LogP contribution in [0.1, 0.15) is 6.42 Å². The second-order valence-electron chi connectivity index (χ2n) is 3.62. The maximum atomic E-state index is 6.00. The van der Waals surface area contributed by atoms with Gasteiger partial charge >= 0.3 is 0 Å². The van der Waals surface area contributed by atoms with Gasteiger partial charge in [-0.1, -0.05) is 6.08 Å². The lowest BCUT2D eigenvalue weighted by Crippen LogP contribution is -2.33. The lowest BCUT2D eigenvalue weighted by molar-refractivity contribution is 0.330. The summed E-state index contributed by atoms with van der Waals surface area (Å²) < 4.78 is 0. The van der Waals surface area contributed by atoms with E-state index in [2.05, 4.69) is 11.5 Å². The van der Waals surface area contributed by atoms with Crippen LogP contribution in [0.5, 0.6) is 0 Å². The SMILES string of the molecule is C=CCN1C[C@@H]2C[C@]2(N)C1. The third-order valence-electron chi connectivity index (χ3n) is 2.66. The molecule has 2 aliphatic rings. The Morgan fingerprint density at radius 3 is 3.10 bits per heavy atom. The fourth-order valence-corrected chi connectivity index (χ4v) is 1.95. The van der Waals surface area contributed by atoms with Crippen molar-refractivity contribution >= 4 is 0 Å². The van der Waals surface area contributed by atoms with Gasteiger partial charge in [-0.3, -0.25) is 4.90 Å². The van der Waals surface area contributed by atoms with E-state index in [0.717, 1.165) is 19.0 Å². The van der Waals surface area contributed by atoms with E-state index in [1.165, 1.54) is 13.0 Å². The van der Waals surface area contributed by atoms with Crippen LogP contribution >= 0.6 is 0 Å². The van der Waals surface area contributed by atoms with E-state index in [1.807, 2.05) is 6.08 Å². The maximum Gasteiger partial charge on any atom is 0.0328 e. The molecule has 0 aromatic carbocycles. The standard InChI is InChI=1S/C8H14N2/c1-2-3-10-5-7-4-8(7,9)6-10/h2,7H,1,3-6,9H2/t7-,8-/m0/s1. The average molecular weight is 138 g/mol. The number of hydrogen-bond donors (Lipinski definition) is 1. The molecule has 2 fully saturated rings. The van der Waals surface area contributed by atoms with Crippen molar-refractivity contribution in [3.05, 3.63) is 12.7 Å². The van der Waals surface area contributed by atoms with Crippen LogP contribution in [-0.4, -0.2) is 30.1 Å². The molecular weight excluding hydrogens is 124 g/mol. The Balaban J connectivity index is 1.91. The van der Waals surface area contributed by atoms with Gasteiger partial charge < -0.3 is 5.73 Å². The Morgan fingerprint density at radius 2 is 2.60 bits per heavy atom. The number of hydrogen-bond acceptors (Lipinski definition) is 2. The summed E-state index contributed by atoms with van der Waals surface area (Å²) in [6, 6.07) is 0. The zero-order valence-electron chi connectivity index (χ0n) is 6.21. The summed E-state index contributed by atoms with van der Waals surface area (Å²) in [5.41, 5.74) is 6.21. The van der Waals surface area contributed by atoms with Crippen LogP contribution in [-0.2, 0) is 0 Å². The molecule has 0 amide bonds. The predicted molar refractivity (Wildman–Crippen MR) is 41.7 cm³/mol. The second kappa shape index (κ2) is 1.83. The Kier molecular flexibility index (Phi) is 1.17. The van der Waals surface area contributed by atoms with E-state index in [1.54, 1.807) is 0 Å². The van der Waals surface area contributed by atoms with Gasteiger partial charge in [-0.15, -0.1) is 6.58 Å². The lowest BCUT2D eigenvalue weighted by atomic mass is 10.3. The summed E-state index contributed by atoms with van der Waals surface area (Å²) in [6.07, 6.45) is 3.20. The van der Waals surface area contributed by atoms with E-state index < -0.39 is 0 Å². The Morgan fingerprint density at radius 1 is 1.80 bits per heavy atom. The number of rotatable bonds is 2. The molecule has 2 N–H and O–H groups in total. The molecule has 1 heterocycles. The quantitative estimate of drug-likeness (QED) is 0.552. The first-order valence-electron chi connectivity index (χ1n) is 3.87. The minimum absolute atomic E-state index is 0.211. The molecule has 2 atom stereocenters. The maximum absolute atomic E-state index is 6.00. The molecule has 0 unspecified atom stereocenters. The average Bonchev–Trinajstić information content (AvgIpc) is 2.34.